The third kappa shape index (κ3) is 6.80. The van der Waals surface area contributed by atoms with Crippen LogP contribution in [0.3, 0.4) is 0 Å². The molecule has 1 N–H and O–H groups in total. The summed E-state index contributed by atoms with van der Waals surface area (Å²) >= 11 is 0. The van der Waals surface area contributed by atoms with Gasteiger partial charge < -0.3 is 24.4 Å². The zero-order valence-electron chi connectivity index (χ0n) is 22.3. The van der Waals surface area contributed by atoms with Gasteiger partial charge in [0.15, 0.2) is 0 Å². The van der Waals surface area contributed by atoms with Crippen LogP contribution in [0.25, 0.3) is 5.76 Å². The van der Waals surface area contributed by atoms with E-state index in [2.05, 4.69) is 20.4 Å². The molecule has 1 saturated heterocycles. The smallest absolute Gasteiger partial charge is 0.295 e. The normalized spacial score (nSPS) is 17.0. The van der Waals surface area contributed by atoms with Crippen molar-refractivity contribution >= 4 is 17.4 Å². The molecule has 7 heteroatoms. The van der Waals surface area contributed by atoms with E-state index >= 15 is 0 Å². The molecule has 1 amide bonds. The topological polar surface area (TPSA) is 83.3 Å². The van der Waals surface area contributed by atoms with Crippen LogP contribution in [0.5, 0.6) is 11.5 Å². The summed E-state index contributed by atoms with van der Waals surface area (Å²) in [6.07, 6.45) is 2.38. The van der Waals surface area contributed by atoms with Gasteiger partial charge in [-0.3, -0.25) is 9.59 Å². The fourth-order valence-electron chi connectivity index (χ4n) is 4.56. The lowest BCUT2D eigenvalue weighted by Gasteiger charge is -2.28. The molecule has 0 radical (unpaired) electrons. The lowest BCUT2D eigenvalue weighted by Crippen LogP contribution is -3.11. The van der Waals surface area contributed by atoms with Gasteiger partial charge in [0.1, 0.15) is 18.1 Å². The fourth-order valence-corrected chi connectivity index (χ4v) is 4.56. The summed E-state index contributed by atoms with van der Waals surface area (Å²) in [4.78, 5) is 29.4. The minimum Gasteiger partial charge on any atom is -0.872 e. The number of ketones is 1. The van der Waals surface area contributed by atoms with E-state index in [1.54, 1.807) is 35.2 Å². The molecule has 0 aromatic heterocycles. The number of rotatable bonds is 13. The van der Waals surface area contributed by atoms with Crippen LogP contribution in [-0.2, 0) is 9.59 Å². The van der Waals surface area contributed by atoms with E-state index < -0.39 is 23.5 Å². The number of nitrogens with zero attached hydrogens (tertiary/aromatic N) is 1. The number of carbonyl (C=O) groups excluding carboxylic acids is 2. The molecule has 2 aromatic rings. The van der Waals surface area contributed by atoms with Crippen LogP contribution in [0.2, 0.25) is 0 Å². The highest BCUT2D eigenvalue weighted by Crippen LogP contribution is 2.39. The molecule has 1 aliphatic heterocycles. The lowest BCUT2D eigenvalue weighted by atomic mass is 9.95. The summed E-state index contributed by atoms with van der Waals surface area (Å²) in [5.41, 5.74) is 1.03. The maximum atomic E-state index is 13.6. The van der Waals surface area contributed by atoms with Crippen LogP contribution >= 0.6 is 0 Å². The quantitative estimate of drug-likeness (QED) is 0.195. The Morgan fingerprint density at radius 1 is 1.05 bits per heavy atom. The number of quaternary nitrogens is 1. The van der Waals surface area contributed by atoms with Crippen molar-refractivity contribution in [1.82, 2.24) is 4.90 Å². The third-order valence-corrected chi connectivity index (χ3v) is 6.51. The van der Waals surface area contributed by atoms with Crippen molar-refractivity contribution in [3.8, 4) is 11.5 Å². The number of hydrogen-bond donors (Lipinski definition) is 1. The largest absolute Gasteiger partial charge is 0.872 e. The number of Topliss-reactive ketones (excluding diaryl/α,β-unsaturated/α-hetero) is 1. The van der Waals surface area contributed by atoms with Crippen LogP contribution in [0.1, 0.15) is 51.3 Å². The van der Waals surface area contributed by atoms with Gasteiger partial charge in [0.25, 0.3) is 5.91 Å². The predicted molar refractivity (Wildman–Crippen MR) is 142 cm³/mol. The van der Waals surface area contributed by atoms with Gasteiger partial charge in [-0.15, -0.1) is 0 Å². The van der Waals surface area contributed by atoms with Crippen molar-refractivity contribution in [2.75, 3.05) is 32.8 Å². The number of hydrogen-bond acceptors (Lipinski definition) is 5. The predicted octanol–water partition coefficient (Wildman–Crippen LogP) is 2.58. The van der Waals surface area contributed by atoms with Crippen molar-refractivity contribution in [3.05, 3.63) is 77.9 Å². The Hall–Kier alpha value is -3.58. The van der Waals surface area contributed by atoms with Crippen molar-refractivity contribution in [2.24, 2.45) is 0 Å². The number of nitrogens with one attached hydrogen (secondary N) is 1. The first-order chi connectivity index (χ1) is 17.8. The average molecular weight is 507 g/mol. The molecule has 198 valence electrons. The zero-order chi connectivity index (χ0) is 26.9. The highest BCUT2D eigenvalue weighted by atomic mass is 16.5. The molecule has 0 spiro atoms. The van der Waals surface area contributed by atoms with Crippen molar-refractivity contribution in [3.63, 3.8) is 0 Å². The molecule has 2 aromatic carbocycles. The van der Waals surface area contributed by atoms with Gasteiger partial charge >= 0.3 is 0 Å². The second-order valence-electron chi connectivity index (χ2n) is 9.39. The molecule has 7 nitrogen and oxygen atoms in total. The summed E-state index contributed by atoms with van der Waals surface area (Å²) in [6, 6.07) is 13.1. The molecular weight excluding hydrogens is 468 g/mol. The molecule has 37 heavy (non-hydrogen) atoms. The van der Waals surface area contributed by atoms with Gasteiger partial charge in [0.05, 0.1) is 31.8 Å². The van der Waals surface area contributed by atoms with E-state index in [0.717, 1.165) is 26.1 Å². The SMILES string of the molecule is C=CCOc1ccc(/C([O-])=C2\C(=O)C(=O)N(CCC[NH+](CC)CC)C2c2ccc(OC(C)C)cc2)cc1. The van der Waals surface area contributed by atoms with E-state index in [-0.39, 0.29) is 11.7 Å². The molecule has 3 rings (SSSR count). The molecular formula is C30H38N2O5. The van der Waals surface area contributed by atoms with E-state index in [1.807, 2.05) is 38.1 Å². The molecule has 1 fully saturated rings. The van der Waals surface area contributed by atoms with Crippen molar-refractivity contribution in [2.45, 2.75) is 46.3 Å². The average Bonchev–Trinajstić information content (AvgIpc) is 3.15. The standard InChI is InChI=1S/C30H38N2O5/c1-6-20-36-24-14-12-23(13-15-24)28(33)26-27(22-10-16-25(17-11-22)37-21(4)5)32(30(35)29(26)34)19-9-18-31(7-2)8-3/h6,10-17,21,27,33H,1,7-9,18-20H2,2-5H3/b28-26+. The van der Waals surface area contributed by atoms with Crippen LogP contribution < -0.4 is 19.5 Å². The fraction of sp³-hybridized carbons (Fsp3) is 0.400. The highest BCUT2D eigenvalue weighted by Gasteiger charge is 2.44. The molecule has 0 bridgehead atoms. The third-order valence-electron chi connectivity index (χ3n) is 6.51. The monoisotopic (exact) mass is 506 g/mol. The molecule has 1 atom stereocenters. The van der Waals surface area contributed by atoms with E-state index in [0.29, 0.717) is 35.8 Å². The molecule has 0 saturated carbocycles. The van der Waals surface area contributed by atoms with Crippen LogP contribution in [0.4, 0.5) is 0 Å². The molecule has 1 aliphatic rings. The Balaban J connectivity index is 1.99. The van der Waals surface area contributed by atoms with Gasteiger partial charge in [0.2, 0.25) is 5.78 Å². The Kier molecular flexibility index (Phi) is 9.92. The molecule has 1 unspecified atom stereocenters. The van der Waals surface area contributed by atoms with E-state index in [9.17, 15) is 14.7 Å². The van der Waals surface area contributed by atoms with E-state index in [1.165, 1.54) is 4.90 Å². The number of carbonyl (C=O) groups is 2. The van der Waals surface area contributed by atoms with Crippen LogP contribution in [0.15, 0.2) is 66.8 Å². The summed E-state index contributed by atoms with van der Waals surface area (Å²) < 4.78 is 11.3. The van der Waals surface area contributed by atoms with Crippen molar-refractivity contribution < 1.29 is 29.1 Å². The first-order valence-corrected chi connectivity index (χ1v) is 13.0. The number of benzene rings is 2. The first kappa shape index (κ1) is 28.0. The minimum absolute atomic E-state index is 0.0155. The number of ether oxygens (including phenoxy) is 2. The molecule has 1 heterocycles. The summed E-state index contributed by atoms with van der Waals surface area (Å²) in [5.74, 6) is -0.531. The second-order valence-corrected chi connectivity index (χ2v) is 9.39. The minimum atomic E-state index is -0.746. The van der Waals surface area contributed by atoms with Gasteiger partial charge in [-0.05, 0) is 63.1 Å². The first-order valence-electron chi connectivity index (χ1n) is 13.0. The zero-order valence-corrected chi connectivity index (χ0v) is 22.3. The second kappa shape index (κ2) is 13.1. The maximum absolute atomic E-state index is 13.6. The van der Waals surface area contributed by atoms with Crippen LogP contribution in [-0.4, -0.2) is 55.5 Å². The van der Waals surface area contributed by atoms with Crippen LogP contribution in [0, 0.1) is 0 Å². The highest BCUT2D eigenvalue weighted by molar-refractivity contribution is 6.46. The van der Waals surface area contributed by atoms with Gasteiger partial charge in [-0.2, -0.15) is 0 Å². The van der Waals surface area contributed by atoms with Crippen molar-refractivity contribution in [1.29, 1.82) is 0 Å². The number of likely N-dealkylation sites (tertiary alicyclic amines) is 1. The van der Waals surface area contributed by atoms with Gasteiger partial charge in [-0.1, -0.05) is 42.7 Å². The summed E-state index contributed by atoms with van der Waals surface area (Å²) in [5, 5.41) is 13.6. The lowest BCUT2D eigenvalue weighted by molar-refractivity contribution is -0.896. The van der Waals surface area contributed by atoms with E-state index in [4.69, 9.17) is 9.47 Å². The Morgan fingerprint density at radius 2 is 1.68 bits per heavy atom. The molecule has 0 aliphatic carbocycles. The number of amides is 1. The van der Waals surface area contributed by atoms with Gasteiger partial charge in [-0.25, -0.2) is 0 Å². The Morgan fingerprint density at radius 3 is 2.24 bits per heavy atom. The van der Waals surface area contributed by atoms with Gasteiger partial charge in [0, 0.05) is 18.5 Å². The maximum Gasteiger partial charge on any atom is 0.295 e. The Bertz CT molecular complexity index is 1100. The summed E-state index contributed by atoms with van der Waals surface area (Å²) in [6.45, 7) is 15.4. The Labute approximate surface area is 220 Å². The summed E-state index contributed by atoms with van der Waals surface area (Å²) in [7, 11) is 0.